The Morgan fingerprint density at radius 1 is 1.73 bits per heavy atom. The van der Waals surface area contributed by atoms with Crippen LogP contribution in [0.2, 0.25) is 0 Å². The molecule has 1 aliphatic rings. The summed E-state index contributed by atoms with van der Waals surface area (Å²) in [6, 6.07) is 0. The minimum absolute atomic E-state index is 0.216. The van der Waals surface area contributed by atoms with Crippen LogP contribution in [-0.4, -0.2) is 38.5 Å². The van der Waals surface area contributed by atoms with Crippen LogP contribution in [0.15, 0.2) is 0 Å². The van der Waals surface area contributed by atoms with E-state index in [-0.39, 0.29) is 12.2 Å². The molecule has 66 valence electrons. The first-order chi connectivity index (χ1) is 5.34. The molecule has 1 N–H and O–H groups in total. The second-order valence-corrected chi connectivity index (χ2v) is 2.77. The predicted molar refractivity (Wildman–Crippen MR) is 43.7 cm³/mol. The maximum atomic E-state index is 5.50. The van der Waals surface area contributed by atoms with Gasteiger partial charge in [-0.15, -0.1) is 0 Å². The standard InChI is InChI=1S/C8H17NO2/c1-3-10-7(2)8-6-9-4-5-11-8/h7-9H,3-6H2,1-2H3. The van der Waals surface area contributed by atoms with Crippen molar-refractivity contribution in [3.05, 3.63) is 0 Å². The Morgan fingerprint density at radius 2 is 2.55 bits per heavy atom. The van der Waals surface area contributed by atoms with E-state index >= 15 is 0 Å². The van der Waals surface area contributed by atoms with Crippen molar-refractivity contribution in [2.24, 2.45) is 0 Å². The molecule has 0 aliphatic carbocycles. The third kappa shape index (κ3) is 2.77. The quantitative estimate of drug-likeness (QED) is 0.646. The van der Waals surface area contributed by atoms with Crippen LogP contribution in [0.1, 0.15) is 13.8 Å². The Morgan fingerprint density at radius 3 is 3.09 bits per heavy atom. The molecule has 11 heavy (non-hydrogen) atoms. The molecule has 1 fully saturated rings. The van der Waals surface area contributed by atoms with Crippen molar-refractivity contribution < 1.29 is 9.47 Å². The van der Waals surface area contributed by atoms with Crippen molar-refractivity contribution in [3.63, 3.8) is 0 Å². The molecule has 0 bridgehead atoms. The van der Waals surface area contributed by atoms with Crippen molar-refractivity contribution in [1.82, 2.24) is 5.32 Å². The SMILES string of the molecule is CCOC(C)C1CNCCO1. The fourth-order valence-electron chi connectivity index (χ4n) is 1.26. The lowest BCUT2D eigenvalue weighted by molar-refractivity contribution is -0.0731. The van der Waals surface area contributed by atoms with E-state index in [0.717, 1.165) is 26.3 Å². The summed E-state index contributed by atoms with van der Waals surface area (Å²) in [6.07, 6.45) is 0.455. The number of hydrogen-bond donors (Lipinski definition) is 1. The van der Waals surface area contributed by atoms with Crippen LogP contribution in [0.4, 0.5) is 0 Å². The van der Waals surface area contributed by atoms with E-state index in [1.165, 1.54) is 0 Å². The van der Waals surface area contributed by atoms with Crippen molar-refractivity contribution >= 4 is 0 Å². The highest BCUT2D eigenvalue weighted by Crippen LogP contribution is 2.05. The zero-order valence-electron chi connectivity index (χ0n) is 7.30. The summed E-state index contributed by atoms with van der Waals surface area (Å²) in [5.74, 6) is 0. The third-order valence-corrected chi connectivity index (χ3v) is 1.91. The fraction of sp³-hybridized carbons (Fsp3) is 1.00. The minimum atomic E-state index is 0.216. The second-order valence-electron chi connectivity index (χ2n) is 2.77. The van der Waals surface area contributed by atoms with Crippen LogP contribution in [0.3, 0.4) is 0 Å². The summed E-state index contributed by atoms with van der Waals surface area (Å²) >= 11 is 0. The van der Waals surface area contributed by atoms with Gasteiger partial charge < -0.3 is 14.8 Å². The highest BCUT2D eigenvalue weighted by Gasteiger charge is 2.20. The predicted octanol–water partition coefficient (Wildman–Crippen LogP) is 0.400. The molecular formula is C8H17NO2. The Hall–Kier alpha value is -0.120. The van der Waals surface area contributed by atoms with Gasteiger partial charge in [0.05, 0.1) is 18.8 Å². The first kappa shape index (κ1) is 8.97. The first-order valence-electron chi connectivity index (χ1n) is 4.28. The summed E-state index contributed by atoms with van der Waals surface area (Å²) in [5, 5.41) is 3.27. The van der Waals surface area contributed by atoms with Gasteiger partial charge in [0.1, 0.15) is 0 Å². The molecule has 1 aliphatic heterocycles. The summed E-state index contributed by atoms with van der Waals surface area (Å²) in [7, 11) is 0. The number of ether oxygens (including phenoxy) is 2. The summed E-state index contributed by atoms with van der Waals surface area (Å²) in [5.41, 5.74) is 0. The van der Waals surface area contributed by atoms with E-state index in [0.29, 0.717) is 0 Å². The van der Waals surface area contributed by atoms with Crippen LogP contribution in [0.5, 0.6) is 0 Å². The van der Waals surface area contributed by atoms with Gasteiger partial charge in [0.25, 0.3) is 0 Å². The molecule has 0 amide bonds. The lowest BCUT2D eigenvalue weighted by Crippen LogP contribution is -2.45. The molecule has 0 aromatic carbocycles. The number of morpholine rings is 1. The van der Waals surface area contributed by atoms with Gasteiger partial charge in [-0.3, -0.25) is 0 Å². The van der Waals surface area contributed by atoms with Gasteiger partial charge in [-0.2, -0.15) is 0 Å². The average molecular weight is 159 g/mol. The molecule has 1 rings (SSSR count). The van der Waals surface area contributed by atoms with Crippen LogP contribution in [0.25, 0.3) is 0 Å². The van der Waals surface area contributed by atoms with Crippen LogP contribution < -0.4 is 5.32 Å². The van der Waals surface area contributed by atoms with Gasteiger partial charge in [0, 0.05) is 19.7 Å². The van der Waals surface area contributed by atoms with E-state index in [1.807, 2.05) is 6.92 Å². The van der Waals surface area contributed by atoms with Gasteiger partial charge in [-0.25, -0.2) is 0 Å². The molecule has 3 nitrogen and oxygen atoms in total. The van der Waals surface area contributed by atoms with E-state index in [9.17, 15) is 0 Å². The number of rotatable bonds is 3. The van der Waals surface area contributed by atoms with Gasteiger partial charge in [-0.05, 0) is 13.8 Å². The average Bonchev–Trinajstić information content (AvgIpc) is 2.07. The Labute approximate surface area is 68.1 Å². The monoisotopic (exact) mass is 159 g/mol. The fourth-order valence-corrected chi connectivity index (χ4v) is 1.26. The molecule has 0 spiro atoms. The largest absolute Gasteiger partial charge is 0.376 e. The number of nitrogens with one attached hydrogen (secondary N) is 1. The Kier molecular flexibility index (Phi) is 3.83. The van der Waals surface area contributed by atoms with E-state index in [4.69, 9.17) is 9.47 Å². The summed E-state index contributed by atoms with van der Waals surface area (Å²) < 4.78 is 10.9. The molecule has 2 atom stereocenters. The normalized spacial score (nSPS) is 28.4. The highest BCUT2D eigenvalue weighted by atomic mass is 16.5. The molecule has 2 unspecified atom stereocenters. The highest BCUT2D eigenvalue weighted by molar-refractivity contribution is 4.72. The summed E-state index contributed by atoms with van der Waals surface area (Å²) in [4.78, 5) is 0. The second kappa shape index (κ2) is 4.70. The van der Waals surface area contributed by atoms with Crippen molar-refractivity contribution in [3.8, 4) is 0 Å². The third-order valence-electron chi connectivity index (χ3n) is 1.91. The maximum Gasteiger partial charge on any atom is 0.0958 e. The zero-order chi connectivity index (χ0) is 8.10. The van der Waals surface area contributed by atoms with Crippen LogP contribution in [0, 0.1) is 0 Å². The van der Waals surface area contributed by atoms with E-state index < -0.39 is 0 Å². The zero-order valence-corrected chi connectivity index (χ0v) is 7.30. The molecule has 1 saturated heterocycles. The van der Waals surface area contributed by atoms with Crippen molar-refractivity contribution in [1.29, 1.82) is 0 Å². The number of hydrogen-bond acceptors (Lipinski definition) is 3. The first-order valence-corrected chi connectivity index (χ1v) is 4.28. The molecule has 0 aromatic heterocycles. The van der Waals surface area contributed by atoms with Gasteiger partial charge >= 0.3 is 0 Å². The molecule has 0 radical (unpaired) electrons. The molecule has 1 heterocycles. The Bertz CT molecular complexity index is 102. The van der Waals surface area contributed by atoms with Crippen molar-refractivity contribution in [2.45, 2.75) is 26.1 Å². The van der Waals surface area contributed by atoms with Gasteiger partial charge in [-0.1, -0.05) is 0 Å². The molecule has 0 saturated carbocycles. The van der Waals surface area contributed by atoms with Gasteiger partial charge in [0.2, 0.25) is 0 Å². The van der Waals surface area contributed by atoms with E-state index in [2.05, 4.69) is 12.2 Å². The molecule has 0 aromatic rings. The molecular weight excluding hydrogens is 142 g/mol. The lowest BCUT2D eigenvalue weighted by Gasteiger charge is -2.28. The van der Waals surface area contributed by atoms with Crippen molar-refractivity contribution in [2.75, 3.05) is 26.3 Å². The van der Waals surface area contributed by atoms with Gasteiger partial charge in [0.15, 0.2) is 0 Å². The minimum Gasteiger partial charge on any atom is -0.376 e. The Balaban J connectivity index is 2.21. The maximum absolute atomic E-state index is 5.50. The van der Waals surface area contributed by atoms with E-state index in [1.54, 1.807) is 0 Å². The topological polar surface area (TPSA) is 30.5 Å². The van der Waals surface area contributed by atoms with Crippen LogP contribution >= 0.6 is 0 Å². The summed E-state index contributed by atoms with van der Waals surface area (Å²) in [6.45, 7) is 7.52. The lowest BCUT2D eigenvalue weighted by atomic mass is 10.2. The van der Waals surface area contributed by atoms with Crippen LogP contribution in [-0.2, 0) is 9.47 Å². The smallest absolute Gasteiger partial charge is 0.0958 e. The molecule has 3 heteroatoms.